The van der Waals surface area contributed by atoms with Crippen LogP contribution in [0.3, 0.4) is 0 Å². The molecule has 0 bridgehead atoms. The summed E-state index contributed by atoms with van der Waals surface area (Å²) >= 11 is 3.21. The van der Waals surface area contributed by atoms with Crippen molar-refractivity contribution in [1.29, 1.82) is 0 Å². The Bertz CT molecular complexity index is 316. The first-order valence-electron chi connectivity index (χ1n) is 4.43. The third-order valence-electron chi connectivity index (χ3n) is 1.74. The second-order valence-electron chi connectivity index (χ2n) is 3.06. The van der Waals surface area contributed by atoms with Crippen molar-refractivity contribution in [3.05, 3.63) is 53.0 Å². The topological polar surface area (TPSA) is 20.2 Å². The molecule has 0 spiro atoms. The van der Waals surface area contributed by atoms with Gasteiger partial charge in [-0.25, -0.2) is 0 Å². The average molecular weight is 253 g/mol. The van der Waals surface area contributed by atoms with E-state index in [1.807, 2.05) is 36.4 Å². The van der Waals surface area contributed by atoms with Crippen LogP contribution in [-0.2, 0) is 0 Å². The van der Waals surface area contributed by atoms with Crippen molar-refractivity contribution in [2.45, 2.75) is 12.5 Å². The molecule has 0 aliphatic carbocycles. The Balaban J connectivity index is 2.52. The van der Waals surface area contributed by atoms with Crippen molar-refractivity contribution in [2.75, 3.05) is 0 Å². The van der Waals surface area contributed by atoms with Gasteiger partial charge in [0.25, 0.3) is 0 Å². The molecular weight excluding hydrogens is 240 g/mol. The maximum Gasteiger partial charge on any atom is 0.0769 e. The fraction of sp³-hybridized carbons (Fsp3) is 0.167. The molecule has 0 saturated heterocycles. The number of benzene rings is 1. The molecule has 0 heterocycles. The largest absolute Gasteiger partial charge is 0.389 e. The van der Waals surface area contributed by atoms with Crippen LogP contribution in [0.4, 0.5) is 0 Å². The molecule has 1 aromatic rings. The minimum Gasteiger partial charge on any atom is -0.389 e. The summed E-state index contributed by atoms with van der Waals surface area (Å²) in [6.45, 7) is 3.67. The molecule has 1 rings (SSSR count). The van der Waals surface area contributed by atoms with E-state index in [0.29, 0.717) is 6.42 Å². The van der Waals surface area contributed by atoms with Gasteiger partial charge < -0.3 is 5.11 Å². The Hall–Kier alpha value is -0.860. The summed E-state index contributed by atoms with van der Waals surface area (Å²) in [6.07, 6.45) is 3.74. The van der Waals surface area contributed by atoms with Crippen molar-refractivity contribution in [3.8, 4) is 0 Å². The van der Waals surface area contributed by atoms with Gasteiger partial charge >= 0.3 is 0 Å². The van der Waals surface area contributed by atoms with E-state index in [1.54, 1.807) is 6.08 Å². The van der Waals surface area contributed by atoms with Crippen molar-refractivity contribution in [1.82, 2.24) is 0 Å². The molecule has 0 radical (unpaired) electrons. The molecule has 1 unspecified atom stereocenters. The Morgan fingerprint density at radius 3 is 2.64 bits per heavy atom. The van der Waals surface area contributed by atoms with Gasteiger partial charge in [-0.1, -0.05) is 65.0 Å². The highest BCUT2D eigenvalue weighted by atomic mass is 79.9. The molecule has 0 saturated carbocycles. The predicted octanol–water partition coefficient (Wildman–Crippen LogP) is 3.36. The first-order valence-corrected chi connectivity index (χ1v) is 5.22. The van der Waals surface area contributed by atoms with E-state index in [-0.39, 0.29) is 0 Å². The molecule has 1 atom stereocenters. The number of aliphatic hydroxyl groups excluding tert-OH is 1. The Kier molecular flexibility index (Phi) is 4.63. The van der Waals surface area contributed by atoms with E-state index in [0.717, 1.165) is 10.0 Å². The van der Waals surface area contributed by atoms with Crippen LogP contribution < -0.4 is 0 Å². The Labute approximate surface area is 92.9 Å². The smallest absolute Gasteiger partial charge is 0.0769 e. The molecular formula is C12H13BrO. The van der Waals surface area contributed by atoms with Crippen LogP contribution in [0.15, 0.2) is 47.5 Å². The first-order chi connectivity index (χ1) is 6.68. The van der Waals surface area contributed by atoms with Crippen LogP contribution in [0.25, 0.3) is 6.08 Å². The maximum atomic E-state index is 9.50. The first kappa shape index (κ1) is 11.2. The SMILES string of the molecule is C=C(Br)CC(O)/C=C/c1ccccc1. The molecule has 14 heavy (non-hydrogen) atoms. The van der Waals surface area contributed by atoms with Gasteiger partial charge in [-0.15, -0.1) is 0 Å². The molecule has 0 aliphatic rings. The third kappa shape index (κ3) is 4.40. The minimum atomic E-state index is -0.470. The van der Waals surface area contributed by atoms with Crippen molar-refractivity contribution in [2.24, 2.45) is 0 Å². The zero-order chi connectivity index (χ0) is 10.4. The summed E-state index contributed by atoms with van der Waals surface area (Å²) in [5.41, 5.74) is 1.09. The molecule has 0 aromatic heterocycles. The summed E-state index contributed by atoms with van der Waals surface area (Å²) < 4.78 is 0.808. The number of halogens is 1. The van der Waals surface area contributed by atoms with Crippen LogP contribution in [-0.4, -0.2) is 11.2 Å². The highest BCUT2D eigenvalue weighted by Crippen LogP contribution is 2.11. The fourth-order valence-corrected chi connectivity index (χ4v) is 1.41. The highest BCUT2D eigenvalue weighted by Gasteiger charge is 1.98. The molecule has 2 heteroatoms. The van der Waals surface area contributed by atoms with Crippen LogP contribution in [0.2, 0.25) is 0 Å². The Morgan fingerprint density at radius 2 is 2.07 bits per heavy atom. The summed E-state index contributed by atoms with van der Waals surface area (Å²) in [7, 11) is 0. The lowest BCUT2D eigenvalue weighted by Gasteiger charge is -2.02. The summed E-state index contributed by atoms with van der Waals surface area (Å²) in [6, 6.07) is 9.89. The number of hydrogen-bond donors (Lipinski definition) is 1. The van der Waals surface area contributed by atoms with Crippen LogP contribution in [0.5, 0.6) is 0 Å². The average Bonchev–Trinajstić information content (AvgIpc) is 2.15. The standard InChI is InChI=1S/C12H13BrO/c1-10(13)9-12(14)8-7-11-5-3-2-4-6-11/h2-8,12,14H,1,9H2/b8-7+. The van der Waals surface area contributed by atoms with Crippen LogP contribution >= 0.6 is 15.9 Å². The molecule has 0 amide bonds. The minimum absolute atomic E-state index is 0.470. The maximum absolute atomic E-state index is 9.50. The van der Waals surface area contributed by atoms with E-state index in [9.17, 15) is 5.11 Å². The lowest BCUT2D eigenvalue weighted by atomic mass is 10.1. The van der Waals surface area contributed by atoms with Gasteiger partial charge in [-0.05, 0) is 10.0 Å². The lowest BCUT2D eigenvalue weighted by Crippen LogP contribution is -2.00. The molecule has 1 aromatic carbocycles. The third-order valence-corrected chi connectivity index (χ3v) is 2.06. The highest BCUT2D eigenvalue weighted by molar-refractivity contribution is 9.11. The number of aliphatic hydroxyl groups is 1. The Morgan fingerprint density at radius 1 is 1.43 bits per heavy atom. The van der Waals surface area contributed by atoms with E-state index in [2.05, 4.69) is 22.5 Å². The van der Waals surface area contributed by atoms with Gasteiger partial charge in [0, 0.05) is 6.42 Å². The summed E-state index contributed by atoms with van der Waals surface area (Å²) in [5, 5.41) is 9.50. The van der Waals surface area contributed by atoms with Gasteiger partial charge in [0.15, 0.2) is 0 Å². The van der Waals surface area contributed by atoms with E-state index < -0.39 is 6.10 Å². The van der Waals surface area contributed by atoms with Gasteiger partial charge in [-0.3, -0.25) is 0 Å². The van der Waals surface area contributed by atoms with Gasteiger partial charge in [0.2, 0.25) is 0 Å². The van der Waals surface area contributed by atoms with Crippen molar-refractivity contribution < 1.29 is 5.11 Å². The summed E-state index contributed by atoms with van der Waals surface area (Å²) in [4.78, 5) is 0. The van der Waals surface area contributed by atoms with E-state index in [4.69, 9.17) is 0 Å². The second kappa shape index (κ2) is 5.78. The summed E-state index contributed by atoms with van der Waals surface area (Å²) in [5.74, 6) is 0. The normalized spacial score (nSPS) is 13.0. The zero-order valence-electron chi connectivity index (χ0n) is 7.86. The number of hydrogen-bond acceptors (Lipinski definition) is 1. The quantitative estimate of drug-likeness (QED) is 0.872. The van der Waals surface area contributed by atoms with Gasteiger partial charge in [-0.2, -0.15) is 0 Å². The van der Waals surface area contributed by atoms with E-state index >= 15 is 0 Å². The number of rotatable bonds is 4. The molecule has 74 valence electrons. The molecule has 0 fully saturated rings. The predicted molar refractivity (Wildman–Crippen MR) is 64.2 cm³/mol. The monoisotopic (exact) mass is 252 g/mol. The lowest BCUT2D eigenvalue weighted by molar-refractivity contribution is 0.227. The van der Waals surface area contributed by atoms with Gasteiger partial charge in [0.1, 0.15) is 0 Å². The molecule has 1 nitrogen and oxygen atoms in total. The van der Waals surface area contributed by atoms with E-state index in [1.165, 1.54) is 0 Å². The zero-order valence-corrected chi connectivity index (χ0v) is 9.44. The fourth-order valence-electron chi connectivity index (χ4n) is 1.08. The van der Waals surface area contributed by atoms with Gasteiger partial charge in [0.05, 0.1) is 6.10 Å². The van der Waals surface area contributed by atoms with Crippen LogP contribution in [0, 0.1) is 0 Å². The molecule has 0 aliphatic heterocycles. The van der Waals surface area contributed by atoms with Crippen molar-refractivity contribution >= 4 is 22.0 Å². The molecule has 1 N–H and O–H groups in total. The second-order valence-corrected chi connectivity index (χ2v) is 4.18. The van der Waals surface area contributed by atoms with Crippen LogP contribution in [0.1, 0.15) is 12.0 Å². The van der Waals surface area contributed by atoms with Crippen molar-refractivity contribution in [3.63, 3.8) is 0 Å².